The lowest BCUT2D eigenvalue weighted by molar-refractivity contribution is 0.433. The fourth-order valence-electron chi connectivity index (χ4n) is 3.07. The third-order valence-corrected chi connectivity index (χ3v) is 4.42. The molecular weight excluding hydrogens is 234 g/mol. The van der Waals surface area contributed by atoms with E-state index in [1.54, 1.807) is 0 Å². The Bertz CT molecular complexity index is 596. The fourth-order valence-corrected chi connectivity index (χ4v) is 3.07. The van der Waals surface area contributed by atoms with Gasteiger partial charge in [-0.25, -0.2) is 4.98 Å². The molecule has 0 amide bonds. The molecule has 1 aliphatic carbocycles. The zero-order chi connectivity index (χ0) is 12.7. The van der Waals surface area contributed by atoms with Crippen molar-refractivity contribution in [2.75, 3.05) is 13.1 Å². The van der Waals surface area contributed by atoms with E-state index in [0.717, 1.165) is 24.6 Å². The number of H-pyrrole nitrogens is 1. The Kier molecular flexibility index (Phi) is 2.66. The number of nitrogens with one attached hydrogen (secondary N) is 2. The summed E-state index contributed by atoms with van der Waals surface area (Å²) in [7, 11) is 0. The summed E-state index contributed by atoms with van der Waals surface area (Å²) in [5.41, 5.74) is 5.52. The number of imidazole rings is 1. The topological polar surface area (TPSA) is 40.7 Å². The maximum Gasteiger partial charge on any atom is 0.112 e. The van der Waals surface area contributed by atoms with Crippen molar-refractivity contribution in [3.05, 3.63) is 41.3 Å². The monoisotopic (exact) mass is 253 g/mol. The van der Waals surface area contributed by atoms with Crippen molar-refractivity contribution in [3.8, 4) is 11.3 Å². The number of benzene rings is 1. The molecule has 0 atom stereocenters. The molecule has 1 saturated heterocycles. The van der Waals surface area contributed by atoms with Crippen LogP contribution in [0.4, 0.5) is 0 Å². The SMILES string of the molecule is c1cc2c(cc1-c1cnc(C3CNC3)[nH]1)CCCC2. The maximum absolute atomic E-state index is 4.53. The summed E-state index contributed by atoms with van der Waals surface area (Å²) >= 11 is 0. The molecule has 98 valence electrons. The Morgan fingerprint density at radius 2 is 1.89 bits per heavy atom. The second kappa shape index (κ2) is 4.49. The van der Waals surface area contributed by atoms with Crippen LogP contribution in [-0.2, 0) is 12.8 Å². The molecule has 2 aromatic rings. The summed E-state index contributed by atoms with van der Waals surface area (Å²) in [5, 5.41) is 3.29. The van der Waals surface area contributed by atoms with Crippen LogP contribution in [0.3, 0.4) is 0 Å². The van der Waals surface area contributed by atoms with E-state index in [1.807, 2.05) is 6.20 Å². The fraction of sp³-hybridized carbons (Fsp3) is 0.438. The number of fused-ring (bicyclic) bond motifs is 1. The van der Waals surface area contributed by atoms with Gasteiger partial charge in [0.25, 0.3) is 0 Å². The summed E-state index contributed by atoms with van der Waals surface area (Å²) < 4.78 is 0. The van der Waals surface area contributed by atoms with Crippen LogP contribution in [0.5, 0.6) is 0 Å². The Balaban J connectivity index is 1.65. The highest BCUT2D eigenvalue weighted by molar-refractivity contribution is 5.61. The van der Waals surface area contributed by atoms with Gasteiger partial charge in [-0.05, 0) is 48.4 Å². The number of aryl methyl sites for hydroxylation is 2. The first-order chi connectivity index (χ1) is 9.40. The first kappa shape index (κ1) is 11.2. The van der Waals surface area contributed by atoms with E-state index in [2.05, 4.69) is 33.5 Å². The molecule has 1 aliphatic heterocycles. The van der Waals surface area contributed by atoms with Gasteiger partial charge in [0.2, 0.25) is 0 Å². The number of hydrogen-bond acceptors (Lipinski definition) is 2. The second-order valence-electron chi connectivity index (χ2n) is 5.73. The van der Waals surface area contributed by atoms with E-state index in [0.29, 0.717) is 5.92 Å². The highest BCUT2D eigenvalue weighted by Gasteiger charge is 2.22. The van der Waals surface area contributed by atoms with Gasteiger partial charge in [-0.15, -0.1) is 0 Å². The van der Waals surface area contributed by atoms with Crippen LogP contribution < -0.4 is 5.32 Å². The molecule has 2 N–H and O–H groups in total. The lowest BCUT2D eigenvalue weighted by Crippen LogP contribution is -2.40. The average molecular weight is 253 g/mol. The molecule has 1 aromatic heterocycles. The van der Waals surface area contributed by atoms with Crippen LogP contribution in [0, 0.1) is 0 Å². The lowest BCUT2D eigenvalue weighted by atomic mass is 9.90. The van der Waals surface area contributed by atoms with Gasteiger partial charge in [0, 0.05) is 19.0 Å². The zero-order valence-electron chi connectivity index (χ0n) is 11.1. The molecule has 0 spiro atoms. The van der Waals surface area contributed by atoms with Crippen LogP contribution >= 0.6 is 0 Å². The number of nitrogens with zero attached hydrogens (tertiary/aromatic N) is 1. The Hall–Kier alpha value is -1.61. The predicted octanol–water partition coefficient (Wildman–Crippen LogP) is 2.64. The lowest BCUT2D eigenvalue weighted by Gasteiger charge is -2.24. The molecule has 2 aliphatic rings. The Morgan fingerprint density at radius 3 is 2.68 bits per heavy atom. The van der Waals surface area contributed by atoms with Crippen molar-refractivity contribution >= 4 is 0 Å². The van der Waals surface area contributed by atoms with Gasteiger partial charge >= 0.3 is 0 Å². The molecule has 0 unspecified atom stereocenters. The van der Waals surface area contributed by atoms with E-state index in [4.69, 9.17) is 0 Å². The van der Waals surface area contributed by atoms with Crippen molar-refractivity contribution in [2.24, 2.45) is 0 Å². The van der Waals surface area contributed by atoms with Crippen molar-refractivity contribution in [1.82, 2.24) is 15.3 Å². The van der Waals surface area contributed by atoms with Crippen molar-refractivity contribution in [3.63, 3.8) is 0 Å². The predicted molar refractivity (Wildman–Crippen MR) is 76.3 cm³/mol. The van der Waals surface area contributed by atoms with Crippen LogP contribution in [0.25, 0.3) is 11.3 Å². The molecule has 0 saturated carbocycles. The Morgan fingerprint density at radius 1 is 1.05 bits per heavy atom. The van der Waals surface area contributed by atoms with Crippen LogP contribution in [-0.4, -0.2) is 23.1 Å². The molecule has 0 bridgehead atoms. The second-order valence-corrected chi connectivity index (χ2v) is 5.73. The van der Waals surface area contributed by atoms with Gasteiger partial charge in [0.15, 0.2) is 0 Å². The molecule has 19 heavy (non-hydrogen) atoms. The first-order valence-electron chi connectivity index (χ1n) is 7.28. The number of rotatable bonds is 2. The van der Waals surface area contributed by atoms with Crippen LogP contribution in [0.15, 0.2) is 24.4 Å². The van der Waals surface area contributed by atoms with E-state index < -0.39 is 0 Å². The largest absolute Gasteiger partial charge is 0.342 e. The van der Waals surface area contributed by atoms with Crippen molar-refractivity contribution in [1.29, 1.82) is 0 Å². The van der Waals surface area contributed by atoms with Crippen molar-refractivity contribution < 1.29 is 0 Å². The van der Waals surface area contributed by atoms with Gasteiger partial charge in [0.05, 0.1) is 11.9 Å². The number of aromatic nitrogens is 2. The van der Waals surface area contributed by atoms with Gasteiger partial charge < -0.3 is 10.3 Å². The minimum Gasteiger partial charge on any atom is -0.342 e. The average Bonchev–Trinajstić information content (AvgIpc) is 2.85. The van der Waals surface area contributed by atoms with Crippen LogP contribution in [0.1, 0.15) is 35.7 Å². The molecular formula is C16H19N3. The zero-order valence-corrected chi connectivity index (χ0v) is 11.1. The van der Waals surface area contributed by atoms with Crippen LogP contribution in [0.2, 0.25) is 0 Å². The number of aromatic amines is 1. The van der Waals surface area contributed by atoms with Gasteiger partial charge in [-0.2, -0.15) is 0 Å². The summed E-state index contributed by atoms with van der Waals surface area (Å²) in [4.78, 5) is 8.02. The molecule has 4 rings (SSSR count). The first-order valence-corrected chi connectivity index (χ1v) is 7.28. The van der Waals surface area contributed by atoms with E-state index >= 15 is 0 Å². The highest BCUT2D eigenvalue weighted by Crippen LogP contribution is 2.27. The minimum atomic E-state index is 0.575. The van der Waals surface area contributed by atoms with Gasteiger partial charge in [-0.3, -0.25) is 0 Å². The van der Waals surface area contributed by atoms with Gasteiger partial charge in [0.1, 0.15) is 5.82 Å². The van der Waals surface area contributed by atoms with Gasteiger partial charge in [-0.1, -0.05) is 12.1 Å². The van der Waals surface area contributed by atoms with E-state index in [9.17, 15) is 0 Å². The van der Waals surface area contributed by atoms with Crippen molar-refractivity contribution in [2.45, 2.75) is 31.6 Å². The number of hydrogen-bond donors (Lipinski definition) is 2. The summed E-state index contributed by atoms with van der Waals surface area (Å²) in [5.74, 6) is 1.71. The van der Waals surface area contributed by atoms with E-state index in [1.165, 1.54) is 42.4 Å². The molecule has 0 radical (unpaired) electrons. The maximum atomic E-state index is 4.53. The minimum absolute atomic E-state index is 0.575. The molecule has 1 fully saturated rings. The molecule has 3 heteroatoms. The van der Waals surface area contributed by atoms with E-state index in [-0.39, 0.29) is 0 Å². The quantitative estimate of drug-likeness (QED) is 0.864. The smallest absolute Gasteiger partial charge is 0.112 e. The standard InChI is InChI=1S/C16H19N3/c1-2-4-12-7-13(6-5-11(12)3-1)15-10-18-16(19-15)14-8-17-9-14/h5-7,10,14,17H,1-4,8-9H2,(H,18,19). The molecule has 2 heterocycles. The summed E-state index contributed by atoms with van der Waals surface area (Å²) in [6.07, 6.45) is 7.14. The third-order valence-electron chi connectivity index (χ3n) is 4.42. The molecule has 3 nitrogen and oxygen atoms in total. The third kappa shape index (κ3) is 1.98. The highest BCUT2D eigenvalue weighted by atomic mass is 15.0. The summed E-state index contributed by atoms with van der Waals surface area (Å²) in [6, 6.07) is 6.89. The molecule has 1 aromatic carbocycles. The normalized spacial score (nSPS) is 18.9. The Labute approximate surface area is 113 Å². The summed E-state index contributed by atoms with van der Waals surface area (Å²) in [6.45, 7) is 2.11.